The third-order valence-corrected chi connectivity index (χ3v) is 16.7. The number of ether oxygens (including phenoxy) is 2. The van der Waals surface area contributed by atoms with Crippen molar-refractivity contribution in [2.24, 2.45) is 11.8 Å². The highest BCUT2D eigenvalue weighted by Crippen LogP contribution is 2.41. The number of sulfone groups is 2. The normalized spacial score (nSPS) is 17.2. The molecule has 4 aliphatic rings. The van der Waals surface area contributed by atoms with Gasteiger partial charge >= 0.3 is 0 Å². The molecule has 2 fully saturated rings. The molecule has 0 bridgehead atoms. The van der Waals surface area contributed by atoms with Gasteiger partial charge in [-0.3, -0.25) is 19.2 Å². The van der Waals surface area contributed by atoms with Gasteiger partial charge in [-0.2, -0.15) is 0 Å². The van der Waals surface area contributed by atoms with Gasteiger partial charge in [-0.15, -0.1) is 0 Å². The van der Waals surface area contributed by atoms with Crippen molar-refractivity contribution in [2.75, 3.05) is 51.9 Å². The average Bonchev–Trinajstić information content (AvgIpc) is 3.39. The van der Waals surface area contributed by atoms with Gasteiger partial charge in [0.15, 0.2) is 31.2 Å². The minimum absolute atomic E-state index is 0.0180. The van der Waals surface area contributed by atoms with E-state index in [-0.39, 0.29) is 48.4 Å². The molecule has 14 heteroatoms. The second kappa shape index (κ2) is 21.4. The standard InChI is InChI=1S/2C29H29NO5S/c2*1-36(33,34)26-10-7-21(8-11-26)28(20-5-3-2-4-6-20)22-13-15-30(16-14-22)29(32)23-9-12-27-24(17-23)18-25(31)19-35-27/h2*2-12,17,22,28H,13-16,18-19H2,1H3/t2*28-/m10/s1. The molecule has 0 unspecified atom stereocenters. The number of piperidine rings is 2. The lowest BCUT2D eigenvalue weighted by atomic mass is 9.76. The highest BCUT2D eigenvalue weighted by molar-refractivity contribution is 7.91. The van der Waals surface area contributed by atoms with E-state index in [4.69, 9.17) is 9.47 Å². The number of nitrogens with zero attached hydrogens (tertiary/aromatic N) is 2. The Morgan fingerprint density at radius 3 is 1.14 bits per heavy atom. The zero-order chi connectivity index (χ0) is 50.6. The number of likely N-dealkylation sites (tertiary alicyclic amines) is 2. The number of Topliss-reactive ketones (excluding diaryl/α,β-unsaturated/α-hetero) is 2. The van der Waals surface area contributed by atoms with E-state index in [2.05, 4.69) is 24.3 Å². The van der Waals surface area contributed by atoms with Crippen LogP contribution in [0.15, 0.2) is 155 Å². The van der Waals surface area contributed by atoms with Crippen molar-refractivity contribution in [3.63, 3.8) is 0 Å². The zero-order valence-corrected chi connectivity index (χ0v) is 42.1. The molecule has 6 aromatic rings. The molecule has 4 aliphatic heterocycles. The van der Waals surface area contributed by atoms with Gasteiger partial charge in [0, 0.05) is 85.6 Å². The van der Waals surface area contributed by atoms with Crippen LogP contribution < -0.4 is 9.47 Å². The summed E-state index contributed by atoms with van der Waals surface area (Å²) in [7, 11) is -6.52. The van der Waals surface area contributed by atoms with Crippen LogP contribution in [0.2, 0.25) is 0 Å². The van der Waals surface area contributed by atoms with E-state index in [1.165, 1.54) is 23.6 Å². The van der Waals surface area contributed by atoms with E-state index < -0.39 is 19.7 Å². The van der Waals surface area contributed by atoms with E-state index in [1.807, 2.05) is 70.5 Å². The summed E-state index contributed by atoms with van der Waals surface area (Å²) in [5, 5.41) is 0. The highest BCUT2D eigenvalue weighted by atomic mass is 32.2. The molecule has 10 rings (SSSR count). The van der Waals surface area contributed by atoms with Crippen LogP contribution >= 0.6 is 0 Å². The van der Waals surface area contributed by atoms with Crippen LogP contribution in [-0.4, -0.2) is 102 Å². The summed E-state index contributed by atoms with van der Waals surface area (Å²) in [5.74, 6) is 2.20. The van der Waals surface area contributed by atoms with Crippen LogP contribution in [0.1, 0.15) is 91.6 Å². The fourth-order valence-corrected chi connectivity index (χ4v) is 12.0. The molecule has 2 amide bonds. The summed E-state index contributed by atoms with van der Waals surface area (Å²) in [5.41, 5.74) is 7.25. The lowest BCUT2D eigenvalue weighted by molar-refractivity contribution is -0.122. The number of ketones is 2. The highest BCUT2D eigenvalue weighted by Gasteiger charge is 2.33. The summed E-state index contributed by atoms with van der Waals surface area (Å²) < 4.78 is 58.7. The Bertz CT molecular complexity index is 2970. The molecule has 72 heavy (non-hydrogen) atoms. The van der Waals surface area contributed by atoms with Crippen LogP contribution in [-0.2, 0) is 42.1 Å². The summed E-state index contributed by atoms with van der Waals surface area (Å²) in [6.07, 6.45) is 6.40. The molecule has 0 saturated carbocycles. The molecule has 0 aliphatic carbocycles. The van der Waals surface area contributed by atoms with E-state index >= 15 is 0 Å². The Morgan fingerprint density at radius 2 is 0.806 bits per heavy atom. The zero-order valence-electron chi connectivity index (χ0n) is 40.4. The topological polar surface area (TPSA) is 162 Å². The first kappa shape index (κ1) is 50.1. The maximum atomic E-state index is 13.3. The number of hydrogen-bond acceptors (Lipinski definition) is 10. The van der Waals surface area contributed by atoms with Gasteiger partial charge in [0.05, 0.1) is 9.79 Å². The minimum atomic E-state index is -3.26. The number of carbonyl (C=O) groups excluding carboxylic acids is 4. The van der Waals surface area contributed by atoms with Crippen molar-refractivity contribution in [3.8, 4) is 11.5 Å². The Balaban J connectivity index is 0.000000178. The molecule has 0 N–H and O–H groups in total. The van der Waals surface area contributed by atoms with Crippen molar-refractivity contribution in [3.05, 3.63) is 190 Å². The number of rotatable bonds is 10. The van der Waals surface area contributed by atoms with Crippen LogP contribution in [0, 0.1) is 11.8 Å². The molecule has 2 saturated heterocycles. The van der Waals surface area contributed by atoms with Gasteiger partial charge in [0.25, 0.3) is 11.8 Å². The van der Waals surface area contributed by atoms with E-state index in [0.717, 1.165) is 47.9 Å². The van der Waals surface area contributed by atoms with Crippen LogP contribution in [0.25, 0.3) is 0 Å². The summed E-state index contributed by atoms with van der Waals surface area (Å²) in [4.78, 5) is 54.4. The molecule has 4 heterocycles. The average molecular weight is 1010 g/mol. The maximum Gasteiger partial charge on any atom is 0.253 e. The molecular formula is C58H58N2O10S2. The fourth-order valence-electron chi connectivity index (χ4n) is 10.7. The third kappa shape index (κ3) is 11.6. The molecule has 2 atom stereocenters. The van der Waals surface area contributed by atoms with Gasteiger partial charge in [-0.05, 0) is 120 Å². The quantitative estimate of drug-likeness (QED) is 0.130. The van der Waals surface area contributed by atoms with Gasteiger partial charge in [-0.1, -0.05) is 84.9 Å². The largest absolute Gasteiger partial charge is 0.486 e. The second-order valence-corrected chi connectivity index (χ2v) is 23.4. The predicted molar refractivity (Wildman–Crippen MR) is 274 cm³/mol. The first-order valence-corrected chi connectivity index (χ1v) is 28.2. The van der Waals surface area contributed by atoms with Crippen LogP contribution in [0.3, 0.4) is 0 Å². The first-order chi connectivity index (χ1) is 34.6. The van der Waals surface area contributed by atoms with Crippen LogP contribution in [0.5, 0.6) is 11.5 Å². The van der Waals surface area contributed by atoms with Gasteiger partial charge in [0.2, 0.25) is 0 Å². The van der Waals surface area contributed by atoms with Crippen molar-refractivity contribution in [1.82, 2.24) is 9.80 Å². The number of fused-ring (bicyclic) bond motifs is 2. The number of amides is 2. The lowest BCUT2D eigenvalue weighted by Gasteiger charge is -2.37. The number of hydrogen-bond donors (Lipinski definition) is 0. The molecule has 372 valence electrons. The van der Waals surface area contributed by atoms with Crippen molar-refractivity contribution in [2.45, 2.75) is 60.2 Å². The molecule has 0 aromatic heterocycles. The number of carbonyl (C=O) groups is 4. The smallest absolute Gasteiger partial charge is 0.253 e. The predicted octanol–water partition coefficient (Wildman–Crippen LogP) is 8.56. The van der Waals surface area contributed by atoms with E-state index in [9.17, 15) is 36.0 Å². The summed E-state index contributed by atoms with van der Waals surface area (Å²) >= 11 is 0. The molecule has 0 spiro atoms. The molecule has 0 radical (unpaired) electrons. The Labute approximate surface area is 421 Å². The first-order valence-electron chi connectivity index (χ1n) is 24.4. The lowest BCUT2D eigenvalue weighted by Crippen LogP contribution is -2.40. The molecular weight excluding hydrogens is 949 g/mol. The third-order valence-electron chi connectivity index (χ3n) is 14.4. The Hall–Kier alpha value is -6.90. The van der Waals surface area contributed by atoms with E-state index in [1.54, 1.807) is 60.7 Å². The Kier molecular flexibility index (Phi) is 14.9. The maximum absolute atomic E-state index is 13.3. The van der Waals surface area contributed by atoms with Crippen LogP contribution in [0.4, 0.5) is 0 Å². The van der Waals surface area contributed by atoms with Crippen molar-refractivity contribution in [1.29, 1.82) is 0 Å². The van der Waals surface area contributed by atoms with Crippen molar-refractivity contribution >= 4 is 43.1 Å². The fraction of sp³-hybridized carbons (Fsp3) is 0.310. The second-order valence-electron chi connectivity index (χ2n) is 19.4. The van der Waals surface area contributed by atoms with Gasteiger partial charge in [-0.25, -0.2) is 16.8 Å². The van der Waals surface area contributed by atoms with Crippen molar-refractivity contribution < 1.29 is 45.5 Å². The summed E-state index contributed by atoms with van der Waals surface area (Å²) in [6.45, 7) is 2.74. The monoisotopic (exact) mass is 1010 g/mol. The molecule has 12 nitrogen and oxygen atoms in total. The van der Waals surface area contributed by atoms with Gasteiger partial charge in [0.1, 0.15) is 24.7 Å². The SMILES string of the molecule is CS(=O)(=O)c1ccc([C@@H](c2ccccc2)C2CCN(C(=O)c3ccc4c(c3)CC(=O)CO4)CC2)cc1.CS(=O)(=O)c1ccc([C@H](c2ccccc2)C2CCN(C(=O)c3ccc4c(c3)CC(=O)CO4)CC2)cc1. The summed E-state index contributed by atoms with van der Waals surface area (Å²) in [6, 6.07) is 45.7. The Morgan fingerprint density at radius 1 is 0.472 bits per heavy atom. The molecule has 6 aromatic carbocycles. The van der Waals surface area contributed by atoms with Gasteiger partial charge < -0.3 is 19.3 Å². The minimum Gasteiger partial charge on any atom is -0.486 e. The van der Waals surface area contributed by atoms with E-state index in [0.29, 0.717) is 83.3 Å². The number of benzene rings is 6.